The molecule has 3 rings (SSSR count). The molecule has 0 unspecified atom stereocenters. The average molecular weight is 358 g/mol. The molecular weight excluding hydrogens is 351 g/mol. The number of hydrogen-bond acceptors (Lipinski definition) is 4. The molecule has 10 heteroatoms. The maximum absolute atomic E-state index is 12.7. The predicted molar refractivity (Wildman–Crippen MR) is 78.3 cm³/mol. The van der Waals surface area contributed by atoms with Crippen LogP contribution in [0.4, 0.5) is 19.0 Å². The number of alkyl halides is 3. The summed E-state index contributed by atoms with van der Waals surface area (Å²) >= 11 is 5.85. The van der Waals surface area contributed by atoms with Crippen LogP contribution in [0.15, 0.2) is 29.1 Å². The van der Waals surface area contributed by atoms with Crippen molar-refractivity contribution in [2.75, 3.05) is 5.73 Å². The van der Waals surface area contributed by atoms with Crippen molar-refractivity contribution in [3.8, 4) is 5.69 Å². The van der Waals surface area contributed by atoms with Crippen LogP contribution in [0.1, 0.15) is 26.3 Å². The van der Waals surface area contributed by atoms with Gasteiger partial charge in [0.15, 0.2) is 0 Å². The van der Waals surface area contributed by atoms with Gasteiger partial charge in [-0.1, -0.05) is 11.6 Å². The molecule has 0 saturated carbocycles. The van der Waals surface area contributed by atoms with Gasteiger partial charge in [-0.25, -0.2) is 0 Å². The van der Waals surface area contributed by atoms with Crippen molar-refractivity contribution < 1.29 is 22.8 Å². The number of imide groups is 1. The number of aromatic nitrogens is 1. The number of anilines is 1. The summed E-state index contributed by atoms with van der Waals surface area (Å²) in [4.78, 5) is 35.5. The lowest BCUT2D eigenvalue weighted by atomic mass is 10.1. The summed E-state index contributed by atoms with van der Waals surface area (Å²) in [6.07, 6.45) is -4.61. The zero-order valence-electron chi connectivity index (χ0n) is 11.6. The number of nitrogens with two attached hydrogens (primary N) is 1. The highest BCUT2D eigenvalue weighted by Crippen LogP contribution is 2.34. The third-order valence-electron chi connectivity index (χ3n) is 3.47. The van der Waals surface area contributed by atoms with Gasteiger partial charge in [0.2, 0.25) is 0 Å². The van der Waals surface area contributed by atoms with Crippen molar-refractivity contribution in [3.63, 3.8) is 0 Å². The Morgan fingerprint density at radius 1 is 1.08 bits per heavy atom. The third-order valence-corrected chi connectivity index (χ3v) is 3.77. The second-order valence-electron chi connectivity index (χ2n) is 4.94. The first-order valence-corrected chi connectivity index (χ1v) is 6.77. The Morgan fingerprint density at radius 3 is 2.33 bits per heavy atom. The molecule has 3 N–H and O–H groups in total. The molecule has 2 amide bonds. The number of nitrogens with zero attached hydrogens (tertiary/aromatic N) is 1. The van der Waals surface area contributed by atoms with Gasteiger partial charge in [0.25, 0.3) is 17.4 Å². The predicted octanol–water partition coefficient (Wildman–Crippen LogP) is 1.98. The van der Waals surface area contributed by atoms with Crippen LogP contribution in [-0.4, -0.2) is 16.4 Å². The Morgan fingerprint density at radius 2 is 1.75 bits per heavy atom. The summed E-state index contributed by atoms with van der Waals surface area (Å²) in [5.74, 6) is -1.96. The first kappa shape index (κ1) is 16.1. The largest absolute Gasteiger partial charge is 0.416 e. The lowest BCUT2D eigenvalue weighted by molar-refractivity contribution is -0.137. The van der Waals surface area contributed by atoms with Gasteiger partial charge >= 0.3 is 6.18 Å². The highest BCUT2D eigenvalue weighted by Gasteiger charge is 2.33. The standard InChI is InChI=1S/C14H7ClF3N3O3/c15-7-3-5(14(16,17)18)1-2-8(7)21-9(22)4-6-10(11(21)19)13(24)20-12(6)23/h1-4H,19H2,(H,20,23,24). The topological polar surface area (TPSA) is 94.2 Å². The van der Waals surface area contributed by atoms with Gasteiger partial charge in [-0.05, 0) is 18.2 Å². The minimum absolute atomic E-state index is 0.137. The van der Waals surface area contributed by atoms with Crippen LogP contribution in [0.2, 0.25) is 5.02 Å². The monoisotopic (exact) mass is 357 g/mol. The summed E-state index contributed by atoms with van der Waals surface area (Å²) in [5, 5.41) is 1.59. The Bertz CT molecular complexity index is 966. The molecule has 0 bridgehead atoms. The Kier molecular flexibility index (Phi) is 3.41. The van der Waals surface area contributed by atoms with Crippen molar-refractivity contribution in [1.82, 2.24) is 9.88 Å². The molecular formula is C14H7ClF3N3O3. The summed E-state index contributed by atoms with van der Waals surface area (Å²) in [5.41, 5.74) is 3.42. The maximum atomic E-state index is 12.7. The lowest BCUT2D eigenvalue weighted by Gasteiger charge is -2.15. The van der Waals surface area contributed by atoms with Crippen molar-refractivity contribution in [2.24, 2.45) is 0 Å². The van der Waals surface area contributed by atoms with E-state index in [0.29, 0.717) is 6.07 Å². The summed E-state index contributed by atoms with van der Waals surface area (Å²) < 4.78 is 38.9. The smallest absolute Gasteiger partial charge is 0.384 e. The average Bonchev–Trinajstić information content (AvgIpc) is 2.74. The van der Waals surface area contributed by atoms with E-state index in [0.717, 1.165) is 22.8 Å². The number of pyridine rings is 1. The molecule has 1 aromatic carbocycles. The number of rotatable bonds is 1. The molecule has 0 spiro atoms. The summed E-state index contributed by atoms with van der Waals surface area (Å²) in [6, 6.07) is 3.21. The van der Waals surface area contributed by atoms with Crippen LogP contribution >= 0.6 is 11.6 Å². The van der Waals surface area contributed by atoms with E-state index in [-0.39, 0.29) is 27.7 Å². The van der Waals surface area contributed by atoms with E-state index in [2.05, 4.69) is 0 Å². The Hall–Kier alpha value is -2.81. The van der Waals surface area contributed by atoms with Crippen LogP contribution in [-0.2, 0) is 6.18 Å². The quantitative estimate of drug-likeness (QED) is 0.763. The highest BCUT2D eigenvalue weighted by molar-refractivity contribution is 6.32. The molecule has 0 fully saturated rings. The van der Waals surface area contributed by atoms with Crippen molar-refractivity contribution in [1.29, 1.82) is 0 Å². The van der Waals surface area contributed by atoms with Gasteiger partial charge in [-0.3, -0.25) is 24.3 Å². The number of amides is 2. The van der Waals surface area contributed by atoms with E-state index < -0.39 is 29.1 Å². The fraction of sp³-hybridized carbons (Fsp3) is 0.0714. The molecule has 0 saturated heterocycles. The van der Waals surface area contributed by atoms with Crippen LogP contribution in [0.5, 0.6) is 0 Å². The molecule has 0 aliphatic carbocycles. The van der Waals surface area contributed by atoms with E-state index in [1.165, 1.54) is 0 Å². The fourth-order valence-electron chi connectivity index (χ4n) is 2.39. The number of nitrogens with one attached hydrogen (secondary N) is 1. The van der Waals surface area contributed by atoms with E-state index in [1.54, 1.807) is 0 Å². The normalized spacial score (nSPS) is 13.8. The summed E-state index contributed by atoms with van der Waals surface area (Å²) in [7, 11) is 0. The third kappa shape index (κ3) is 2.33. The zero-order chi connectivity index (χ0) is 17.8. The molecule has 6 nitrogen and oxygen atoms in total. The number of halogens is 4. The molecule has 24 heavy (non-hydrogen) atoms. The Labute approximate surface area is 136 Å². The van der Waals surface area contributed by atoms with Crippen LogP contribution in [0, 0.1) is 0 Å². The first-order chi connectivity index (χ1) is 11.1. The highest BCUT2D eigenvalue weighted by atomic mass is 35.5. The van der Waals surface area contributed by atoms with Crippen LogP contribution < -0.4 is 16.6 Å². The minimum Gasteiger partial charge on any atom is -0.384 e. The van der Waals surface area contributed by atoms with E-state index in [4.69, 9.17) is 17.3 Å². The number of hydrogen-bond donors (Lipinski definition) is 2. The van der Waals surface area contributed by atoms with Gasteiger partial charge in [0.1, 0.15) is 5.82 Å². The van der Waals surface area contributed by atoms with Gasteiger partial charge in [-0.2, -0.15) is 13.2 Å². The van der Waals surface area contributed by atoms with Crippen LogP contribution in [0.3, 0.4) is 0 Å². The number of carbonyl (C=O) groups is 2. The van der Waals surface area contributed by atoms with Crippen molar-refractivity contribution in [2.45, 2.75) is 6.18 Å². The van der Waals surface area contributed by atoms with Gasteiger partial charge in [-0.15, -0.1) is 0 Å². The van der Waals surface area contributed by atoms with Gasteiger partial charge < -0.3 is 5.73 Å². The molecule has 124 valence electrons. The van der Waals surface area contributed by atoms with Gasteiger partial charge in [0.05, 0.1) is 27.4 Å². The van der Waals surface area contributed by atoms with E-state index >= 15 is 0 Å². The number of nitrogen functional groups attached to an aromatic ring is 1. The Balaban J connectivity index is 2.26. The van der Waals surface area contributed by atoms with Crippen LogP contribution in [0.25, 0.3) is 5.69 Å². The molecule has 1 aliphatic rings. The molecule has 1 aromatic heterocycles. The molecule has 2 aromatic rings. The first-order valence-electron chi connectivity index (χ1n) is 6.39. The second-order valence-corrected chi connectivity index (χ2v) is 5.35. The van der Waals surface area contributed by atoms with E-state index in [9.17, 15) is 27.6 Å². The zero-order valence-corrected chi connectivity index (χ0v) is 12.3. The number of benzene rings is 1. The van der Waals surface area contributed by atoms with Crippen molar-refractivity contribution >= 4 is 29.2 Å². The van der Waals surface area contributed by atoms with E-state index in [1.807, 2.05) is 5.32 Å². The molecule has 2 heterocycles. The second kappa shape index (κ2) is 5.10. The summed E-state index contributed by atoms with van der Waals surface area (Å²) in [6.45, 7) is 0. The SMILES string of the molecule is Nc1c2c(cc(=O)n1-c1ccc(C(F)(F)F)cc1Cl)C(=O)NC2=O. The maximum Gasteiger partial charge on any atom is 0.416 e. The fourth-order valence-corrected chi connectivity index (χ4v) is 2.66. The van der Waals surface area contributed by atoms with Gasteiger partial charge in [0, 0.05) is 6.07 Å². The number of fused-ring (bicyclic) bond motifs is 1. The lowest BCUT2D eigenvalue weighted by Crippen LogP contribution is -2.24. The molecule has 0 radical (unpaired) electrons. The minimum atomic E-state index is -4.61. The number of carbonyl (C=O) groups excluding carboxylic acids is 2. The molecule has 1 aliphatic heterocycles. The van der Waals surface area contributed by atoms with Crippen molar-refractivity contribution in [3.05, 3.63) is 56.3 Å². The molecule has 0 atom stereocenters.